The summed E-state index contributed by atoms with van der Waals surface area (Å²) in [5.74, 6) is 0.505. The van der Waals surface area contributed by atoms with E-state index in [9.17, 15) is 0 Å². The van der Waals surface area contributed by atoms with Gasteiger partial charge in [-0.05, 0) is 42.5 Å². The van der Waals surface area contributed by atoms with Crippen LogP contribution < -0.4 is 11.1 Å². The Bertz CT molecular complexity index is 735. The SMILES string of the molecule is Cl.Cl.Cl.N=C(NCCCN1CCOCC1)c1ccc(CCc2ccc(CN)cc2)cc1. The largest absolute Gasteiger partial charge is 0.379 e. The molecular formula is C23H35Cl3N4O. The molecule has 31 heavy (non-hydrogen) atoms. The van der Waals surface area contributed by atoms with Gasteiger partial charge in [0.15, 0.2) is 0 Å². The molecule has 1 aliphatic heterocycles. The number of hydrogen-bond donors (Lipinski definition) is 3. The lowest BCUT2D eigenvalue weighted by Gasteiger charge is -2.26. The first-order valence-electron chi connectivity index (χ1n) is 10.2. The second kappa shape index (κ2) is 16.3. The third kappa shape index (κ3) is 10.2. The number of morpholine rings is 1. The third-order valence-corrected chi connectivity index (χ3v) is 5.26. The number of nitrogens with one attached hydrogen (secondary N) is 2. The van der Waals surface area contributed by atoms with Crippen molar-refractivity contribution in [1.29, 1.82) is 5.41 Å². The number of rotatable bonds is 9. The molecule has 1 aliphatic rings. The zero-order valence-electron chi connectivity index (χ0n) is 17.8. The van der Waals surface area contributed by atoms with Gasteiger partial charge in [0.1, 0.15) is 5.84 Å². The summed E-state index contributed by atoms with van der Waals surface area (Å²) in [7, 11) is 0. The average molecular weight is 490 g/mol. The second-order valence-electron chi connectivity index (χ2n) is 7.33. The Balaban J connectivity index is 0.00000300. The van der Waals surface area contributed by atoms with Gasteiger partial charge in [-0.1, -0.05) is 48.5 Å². The number of halogens is 3. The first-order chi connectivity index (χ1) is 13.7. The molecule has 0 aromatic heterocycles. The first-order valence-corrected chi connectivity index (χ1v) is 10.2. The maximum Gasteiger partial charge on any atom is 0.125 e. The first kappa shape index (κ1) is 29.7. The molecule has 1 heterocycles. The fourth-order valence-corrected chi connectivity index (χ4v) is 3.41. The Labute approximate surface area is 204 Å². The fraction of sp³-hybridized carbons (Fsp3) is 0.435. The van der Waals surface area contributed by atoms with Gasteiger partial charge in [0.2, 0.25) is 0 Å². The zero-order chi connectivity index (χ0) is 19.6. The number of aryl methyl sites for hydroxylation is 2. The minimum absolute atomic E-state index is 0. The fourth-order valence-electron chi connectivity index (χ4n) is 3.41. The highest BCUT2D eigenvalue weighted by atomic mass is 35.5. The van der Waals surface area contributed by atoms with Crippen molar-refractivity contribution in [2.45, 2.75) is 25.8 Å². The van der Waals surface area contributed by atoms with Crippen LogP contribution in [0.15, 0.2) is 48.5 Å². The van der Waals surface area contributed by atoms with Crippen LogP contribution >= 0.6 is 37.2 Å². The lowest BCUT2D eigenvalue weighted by atomic mass is 10.0. The Hall–Kier alpha value is -1.34. The van der Waals surface area contributed by atoms with Crippen molar-refractivity contribution in [1.82, 2.24) is 10.2 Å². The van der Waals surface area contributed by atoms with E-state index in [0.717, 1.165) is 64.2 Å². The normalized spacial score (nSPS) is 13.3. The van der Waals surface area contributed by atoms with Crippen LogP contribution in [0.2, 0.25) is 0 Å². The highest BCUT2D eigenvalue weighted by molar-refractivity contribution is 5.96. The number of benzene rings is 2. The highest BCUT2D eigenvalue weighted by Crippen LogP contribution is 2.11. The van der Waals surface area contributed by atoms with E-state index in [2.05, 4.69) is 46.6 Å². The minimum Gasteiger partial charge on any atom is -0.379 e. The van der Waals surface area contributed by atoms with Gasteiger partial charge in [0.25, 0.3) is 0 Å². The van der Waals surface area contributed by atoms with E-state index in [4.69, 9.17) is 15.9 Å². The van der Waals surface area contributed by atoms with Gasteiger partial charge in [-0.2, -0.15) is 0 Å². The second-order valence-corrected chi connectivity index (χ2v) is 7.33. The molecule has 0 spiro atoms. The number of ether oxygens (including phenoxy) is 1. The third-order valence-electron chi connectivity index (χ3n) is 5.26. The summed E-state index contributed by atoms with van der Waals surface area (Å²) in [4.78, 5) is 2.42. The molecule has 0 bridgehead atoms. The molecule has 1 fully saturated rings. The van der Waals surface area contributed by atoms with Gasteiger partial charge < -0.3 is 15.8 Å². The molecule has 2 aromatic rings. The topological polar surface area (TPSA) is 74.4 Å². The van der Waals surface area contributed by atoms with Crippen LogP contribution in [0.5, 0.6) is 0 Å². The van der Waals surface area contributed by atoms with E-state index in [0.29, 0.717) is 12.4 Å². The molecule has 0 unspecified atom stereocenters. The molecule has 0 saturated carbocycles. The van der Waals surface area contributed by atoms with Gasteiger partial charge in [-0.25, -0.2) is 0 Å². The van der Waals surface area contributed by atoms with Gasteiger partial charge in [0.05, 0.1) is 13.2 Å². The molecule has 0 atom stereocenters. The standard InChI is InChI=1S/C23H32N4O.3ClH/c24-18-21-6-4-19(5-7-21)2-3-20-8-10-22(11-9-20)23(25)26-12-1-13-27-14-16-28-17-15-27;;;/h4-11H,1-3,12-18,24H2,(H2,25,26);3*1H. The van der Waals surface area contributed by atoms with Crippen molar-refractivity contribution in [2.24, 2.45) is 5.73 Å². The van der Waals surface area contributed by atoms with E-state index in [1.165, 1.54) is 16.7 Å². The van der Waals surface area contributed by atoms with Gasteiger partial charge in [0, 0.05) is 31.7 Å². The summed E-state index contributed by atoms with van der Waals surface area (Å²) in [5, 5.41) is 11.5. The van der Waals surface area contributed by atoms with Crippen molar-refractivity contribution in [2.75, 3.05) is 39.4 Å². The van der Waals surface area contributed by atoms with Gasteiger partial charge in [-0.3, -0.25) is 10.3 Å². The molecule has 174 valence electrons. The van der Waals surface area contributed by atoms with E-state index >= 15 is 0 Å². The van der Waals surface area contributed by atoms with Crippen LogP contribution in [-0.2, 0) is 24.1 Å². The lowest BCUT2D eigenvalue weighted by molar-refractivity contribution is 0.0376. The van der Waals surface area contributed by atoms with Gasteiger partial charge in [-0.15, -0.1) is 37.2 Å². The quantitative estimate of drug-likeness (QED) is 0.284. The van der Waals surface area contributed by atoms with Crippen molar-refractivity contribution >= 4 is 43.1 Å². The zero-order valence-corrected chi connectivity index (χ0v) is 20.3. The lowest BCUT2D eigenvalue weighted by Crippen LogP contribution is -2.38. The Morgan fingerprint density at radius 1 is 0.871 bits per heavy atom. The average Bonchev–Trinajstić information content (AvgIpc) is 2.76. The van der Waals surface area contributed by atoms with Crippen LogP contribution in [0.4, 0.5) is 0 Å². The monoisotopic (exact) mass is 488 g/mol. The molecule has 0 aliphatic carbocycles. The van der Waals surface area contributed by atoms with Crippen molar-refractivity contribution in [3.05, 3.63) is 70.8 Å². The molecule has 8 heteroatoms. The van der Waals surface area contributed by atoms with Crippen LogP contribution in [0.3, 0.4) is 0 Å². The van der Waals surface area contributed by atoms with Crippen LogP contribution in [0, 0.1) is 5.41 Å². The van der Waals surface area contributed by atoms with Crippen LogP contribution in [0.1, 0.15) is 28.7 Å². The van der Waals surface area contributed by atoms with E-state index in [1.807, 2.05) is 12.1 Å². The summed E-state index contributed by atoms with van der Waals surface area (Å²) in [6.45, 7) is 6.22. The molecule has 1 saturated heterocycles. The summed E-state index contributed by atoms with van der Waals surface area (Å²) in [6, 6.07) is 16.9. The number of amidine groups is 1. The maximum absolute atomic E-state index is 8.24. The van der Waals surface area contributed by atoms with Crippen molar-refractivity contribution in [3.8, 4) is 0 Å². The number of hydrogen-bond acceptors (Lipinski definition) is 4. The Morgan fingerprint density at radius 2 is 1.39 bits per heavy atom. The van der Waals surface area contributed by atoms with Gasteiger partial charge >= 0.3 is 0 Å². The predicted octanol–water partition coefficient (Wildman–Crippen LogP) is 3.83. The molecule has 3 rings (SSSR count). The van der Waals surface area contributed by atoms with E-state index in [1.54, 1.807) is 0 Å². The van der Waals surface area contributed by atoms with E-state index in [-0.39, 0.29) is 37.2 Å². The predicted molar refractivity (Wildman–Crippen MR) is 137 cm³/mol. The molecule has 5 nitrogen and oxygen atoms in total. The number of nitrogens with zero attached hydrogens (tertiary/aromatic N) is 1. The summed E-state index contributed by atoms with van der Waals surface area (Å²) in [5.41, 5.74) is 10.4. The van der Waals surface area contributed by atoms with Crippen molar-refractivity contribution < 1.29 is 4.74 Å². The minimum atomic E-state index is 0. The Kier molecular flexibility index (Phi) is 15.6. The molecular weight excluding hydrogens is 455 g/mol. The summed E-state index contributed by atoms with van der Waals surface area (Å²) >= 11 is 0. The Morgan fingerprint density at radius 3 is 1.94 bits per heavy atom. The number of nitrogens with two attached hydrogens (primary N) is 1. The van der Waals surface area contributed by atoms with E-state index < -0.39 is 0 Å². The highest BCUT2D eigenvalue weighted by Gasteiger charge is 2.09. The summed E-state index contributed by atoms with van der Waals surface area (Å²) < 4.78 is 5.37. The summed E-state index contributed by atoms with van der Waals surface area (Å²) in [6.07, 6.45) is 3.06. The molecule has 4 N–H and O–H groups in total. The molecule has 2 aromatic carbocycles. The maximum atomic E-state index is 8.24. The van der Waals surface area contributed by atoms with Crippen molar-refractivity contribution in [3.63, 3.8) is 0 Å². The molecule has 0 radical (unpaired) electrons. The smallest absolute Gasteiger partial charge is 0.125 e. The van der Waals surface area contributed by atoms with Crippen LogP contribution in [-0.4, -0.2) is 50.1 Å². The molecule has 0 amide bonds. The van der Waals surface area contributed by atoms with Crippen LogP contribution in [0.25, 0.3) is 0 Å².